The standard InChI is InChI=1S/C20H23BrFN3O3S3/c1-3-16-13(2)25-17(19(30-16)29-12-6-4-5-11-22)18(23-20(25)26)24-31(27,28)15-9-7-14(21)8-10-15/h7-10H,3-6,11-12H2,1-2H3,(H,23,24,26). The summed E-state index contributed by atoms with van der Waals surface area (Å²) >= 11 is 6.38. The summed E-state index contributed by atoms with van der Waals surface area (Å²) in [7, 11) is -3.92. The molecule has 2 aliphatic heterocycles. The first-order chi connectivity index (χ1) is 14.8. The van der Waals surface area contributed by atoms with E-state index in [9.17, 15) is 17.6 Å². The molecular weight excluding hydrogens is 525 g/mol. The number of hydrogen-bond acceptors (Lipinski definition) is 6. The Bertz CT molecular complexity index is 1180. The number of halogens is 2. The van der Waals surface area contributed by atoms with Gasteiger partial charge in [-0.2, -0.15) is 4.98 Å². The van der Waals surface area contributed by atoms with E-state index in [1.165, 1.54) is 16.7 Å². The molecule has 0 bridgehead atoms. The Kier molecular flexibility index (Phi) is 8.17. The van der Waals surface area contributed by atoms with Crippen molar-refractivity contribution in [1.82, 2.24) is 9.55 Å². The van der Waals surface area contributed by atoms with E-state index in [0.29, 0.717) is 12.1 Å². The number of nitrogens with zero attached hydrogens (tertiary/aromatic N) is 2. The second-order valence-electron chi connectivity index (χ2n) is 6.84. The molecule has 3 rings (SSSR count). The zero-order valence-corrected chi connectivity index (χ0v) is 21.2. The van der Waals surface area contributed by atoms with Crippen LogP contribution in [0.1, 0.15) is 36.8 Å². The Labute approximate surface area is 197 Å². The van der Waals surface area contributed by atoms with Crippen molar-refractivity contribution in [2.75, 3.05) is 17.1 Å². The van der Waals surface area contributed by atoms with Gasteiger partial charge in [-0.1, -0.05) is 29.3 Å². The van der Waals surface area contributed by atoms with Crippen molar-refractivity contribution < 1.29 is 12.8 Å². The normalized spacial score (nSPS) is 11.9. The molecule has 0 saturated heterocycles. The fourth-order valence-electron chi connectivity index (χ4n) is 3.09. The van der Waals surface area contributed by atoms with E-state index in [2.05, 4.69) is 25.6 Å². The first kappa shape index (κ1) is 24.2. The van der Waals surface area contributed by atoms with Crippen LogP contribution in [-0.4, -0.2) is 30.4 Å². The molecule has 11 heteroatoms. The molecule has 168 valence electrons. The summed E-state index contributed by atoms with van der Waals surface area (Å²) in [5.41, 5.74) is 0.722. The molecule has 0 saturated carbocycles. The van der Waals surface area contributed by atoms with Gasteiger partial charge in [0.05, 0.1) is 15.8 Å². The fraction of sp³-hybridized carbons (Fsp3) is 0.400. The second kappa shape index (κ2) is 10.5. The van der Waals surface area contributed by atoms with Gasteiger partial charge in [0.15, 0.2) is 5.82 Å². The van der Waals surface area contributed by atoms with Crippen LogP contribution in [-0.2, 0) is 16.4 Å². The van der Waals surface area contributed by atoms with Crippen molar-refractivity contribution in [2.24, 2.45) is 0 Å². The van der Waals surface area contributed by atoms with E-state index >= 15 is 0 Å². The SMILES string of the molecule is CCc1sc(SCCCCCF)c2c(NS(=O)(=O)c3ccc(Br)cc3)nc(=O)n-2c1C. The van der Waals surface area contributed by atoms with Crippen LogP contribution in [0.15, 0.2) is 42.6 Å². The van der Waals surface area contributed by atoms with Crippen LogP contribution in [0.2, 0.25) is 0 Å². The third kappa shape index (κ3) is 5.50. The molecule has 0 aliphatic carbocycles. The zero-order chi connectivity index (χ0) is 22.6. The number of unbranched alkanes of at least 4 members (excludes halogenated alkanes) is 2. The zero-order valence-electron chi connectivity index (χ0n) is 17.2. The molecule has 6 nitrogen and oxygen atoms in total. The van der Waals surface area contributed by atoms with Gasteiger partial charge in [0, 0.05) is 15.0 Å². The van der Waals surface area contributed by atoms with Gasteiger partial charge < -0.3 is 0 Å². The number of anilines is 1. The molecule has 0 spiro atoms. The van der Waals surface area contributed by atoms with Gasteiger partial charge in [-0.3, -0.25) is 13.7 Å². The number of aromatic nitrogens is 2. The molecule has 31 heavy (non-hydrogen) atoms. The first-order valence-electron chi connectivity index (χ1n) is 9.80. The minimum atomic E-state index is -3.92. The predicted molar refractivity (Wildman–Crippen MR) is 129 cm³/mol. The minimum Gasteiger partial charge on any atom is -0.261 e. The molecule has 0 amide bonds. The largest absolute Gasteiger partial charge is 0.354 e. The van der Waals surface area contributed by atoms with E-state index < -0.39 is 15.7 Å². The fourth-order valence-corrected chi connectivity index (χ4v) is 6.90. The average Bonchev–Trinajstić information content (AvgIpc) is 3.05. The average molecular weight is 549 g/mol. The van der Waals surface area contributed by atoms with Crippen LogP contribution < -0.4 is 10.4 Å². The molecular formula is C20H23BrFN3O3S3. The van der Waals surface area contributed by atoms with E-state index in [0.717, 1.165) is 44.3 Å². The Hall–Kier alpha value is -1.43. The van der Waals surface area contributed by atoms with Crippen molar-refractivity contribution in [1.29, 1.82) is 0 Å². The highest BCUT2D eigenvalue weighted by molar-refractivity contribution is 9.10. The highest BCUT2D eigenvalue weighted by atomic mass is 79.9. The molecule has 1 aromatic carbocycles. The third-order valence-corrected chi connectivity index (χ3v) is 9.33. The van der Waals surface area contributed by atoms with E-state index in [1.807, 2.05) is 13.8 Å². The number of fused-ring (bicyclic) bond motifs is 1. The van der Waals surface area contributed by atoms with Crippen LogP contribution in [0.3, 0.4) is 0 Å². The highest BCUT2D eigenvalue weighted by Gasteiger charge is 2.27. The Morgan fingerprint density at radius 2 is 1.94 bits per heavy atom. The number of benzene rings is 1. The topological polar surface area (TPSA) is 81.1 Å². The quantitative estimate of drug-likeness (QED) is 0.271. The molecule has 0 atom stereocenters. The number of nitrogens with one attached hydrogen (secondary N) is 1. The van der Waals surface area contributed by atoms with Crippen molar-refractivity contribution in [2.45, 2.75) is 48.6 Å². The highest BCUT2D eigenvalue weighted by Crippen LogP contribution is 2.39. The lowest BCUT2D eigenvalue weighted by molar-refractivity contribution is 0.460. The van der Waals surface area contributed by atoms with Gasteiger partial charge in [0.25, 0.3) is 10.0 Å². The van der Waals surface area contributed by atoms with E-state index in [4.69, 9.17) is 0 Å². The Morgan fingerprint density at radius 1 is 1.23 bits per heavy atom. The lowest BCUT2D eigenvalue weighted by Crippen LogP contribution is -2.18. The van der Waals surface area contributed by atoms with Gasteiger partial charge in [-0.05, 0) is 56.2 Å². The summed E-state index contributed by atoms with van der Waals surface area (Å²) in [5, 5.41) is 0. The monoisotopic (exact) mass is 547 g/mol. The molecule has 0 fully saturated rings. The number of thioether (sulfide) groups is 1. The maximum absolute atomic E-state index is 12.9. The van der Waals surface area contributed by atoms with Crippen LogP contribution in [0.25, 0.3) is 5.69 Å². The van der Waals surface area contributed by atoms with Crippen LogP contribution in [0.4, 0.5) is 10.2 Å². The number of hydrogen-bond donors (Lipinski definition) is 1. The van der Waals surface area contributed by atoms with Crippen LogP contribution in [0, 0.1) is 6.92 Å². The lowest BCUT2D eigenvalue weighted by Gasteiger charge is -2.17. The first-order valence-corrected chi connectivity index (χ1v) is 13.9. The molecule has 2 heterocycles. The summed E-state index contributed by atoms with van der Waals surface area (Å²) < 4.78 is 43.7. The minimum absolute atomic E-state index is 0.0289. The maximum Gasteiger partial charge on any atom is 0.354 e. The van der Waals surface area contributed by atoms with Gasteiger partial charge in [0.2, 0.25) is 0 Å². The smallest absolute Gasteiger partial charge is 0.261 e. The second-order valence-corrected chi connectivity index (χ2v) is 11.9. The Balaban J connectivity index is 2.01. The van der Waals surface area contributed by atoms with Crippen molar-refractivity contribution in [3.8, 4) is 5.69 Å². The van der Waals surface area contributed by atoms with Gasteiger partial charge in [0.1, 0.15) is 5.69 Å². The van der Waals surface area contributed by atoms with Crippen LogP contribution in [0.5, 0.6) is 0 Å². The summed E-state index contributed by atoms with van der Waals surface area (Å²) in [4.78, 5) is 17.8. The molecule has 1 aromatic rings. The maximum atomic E-state index is 12.9. The molecule has 0 unspecified atom stereocenters. The summed E-state index contributed by atoms with van der Waals surface area (Å²) in [6.45, 7) is 3.53. The van der Waals surface area contributed by atoms with E-state index in [-0.39, 0.29) is 17.4 Å². The Morgan fingerprint density at radius 3 is 2.58 bits per heavy atom. The van der Waals surface area contributed by atoms with Crippen molar-refractivity contribution >= 4 is 54.9 Å². The third-order valence-electron chi connectivity index (χ3n) is 4.68. The molecule has 2 aliphatic rings. The molecule has 0 radical (unpaired) electrons. The van der Waals surface area contributed by atoms with E-state index in [1.54, 1.807) is 35.2 Å². The van der Waals surface area contributed by atoms with Crippen LogP contribution >= 0.6 is 39.0 Å². The molecule has 0 aromatic heterocycles. The number of rotatable bonds is 10. The van der Waals surface area contributed by atoms with Gasteiger partial charge in [-0.25, -0.2) is 13.2 Å². The number of imidazole rings is 1. The van der Waals surface area contributed by atoms with Gasteiger partial charge >= 0.3 is 5.69 Å². The number of sulfonamides is 1. The number of alkyl halides is 1. The summed E-state index contributed by atoms with van der Waals surface area (Å²) in [5.74, 6) is 0.776. The summed E-state index contributed by atoms with van der Waals surface area (Å²) in [6.07, 6.45) is 2.90. The number of aryl methyl sites for hydroxylation is 1. The lowest BCUT2D eigenvalue weighted by atomic mass is 10.3. The van der Waals surface area contributed by atoms with Crippen molar-refractivity contribution in [3.63, 3.8) is 0 Å². The summed E-state index contributed by atoms with van der Waals surface area (Å²) in [6, 6.07) is 6.23. The predicted octanol–water partition coefficient (Wildman–Crippen LogP) is 5.40. The van der Waals surface area contributed by atoms with Gasteiger partial charge in [-0.15, -0.1) is 23.1 Å². The molecule has 1 N–H and O–H groups in total. The van der Waals surface area contributed by atoms with Crippen molar-refractivity contribution in [3.05, 3.63) is 49.8 Å².